The summed E-state index contributed by atoms with van der Waals surface area (Å²) in [5, 5.41) is 10.7. The predicted molar refractivity (Wildman–Crippen MR) is 163 cm³/mol. The Morgan fingerprint density at radius 3 is 2.51 bits per heavy atom. The molecule has 1 aliphatic heterocycles. The van der Waals surface area contributed by atoms with Crippen molar-refractivity contribution >= 4 is 18.0 Å². The zero-order chi connectivity index (χ0) is 29.4. The molecule has 0 bridgehead atoms. The molecule has 0 aromatic heterocycles. The van der Waals surface area contributed by atoms with Crippen molar-refractivity contribution in [2.45, 2.75) is 71.1 Å². The molecule has 41 heavy (non-hydrogen) atoms. The van der Waals surface area contributed by atoms with Gasteiger partial charge in [-0.15, -0.1) is 0 Å². The van der Waals surface area contributed by atoms with E-state index in [1.807, 2.05) is 47.4 Å². The lowest BCUT2D eigenvalue weighted by Gasteiger charge is -2.51. The quantitative estimate of drug-likeness (QED) is 0.339. The van der Waals surface area contributed by atoms with E-state index in [0.29, 0.717) is 49.6 Å². The Hall–Kier alpha value is -2.94. The summed E-state index contributed by atoms with van der Waals surface area (Å²) in [6.07, 6.45) is 6.18. The molecule has 8 heteroatoms. The van der Waals surface area contributed by atoms with E-state index in [0.717, 1.165) is 74.1 Å². The number of methoxy groups -OCH3 is 1. The number of benzene rings is 2. The van der Waals surface area contributed by atoms with Gasteiger partial charge in [0.05, 0.1) is 12.2 Å². The van der Waals surface area contributed by atoms with Crippen LogP contribution in [-0.2, 0) is 22.5 Å². The van der Waals surface area contributed by atoms with Crippen molar-refractivity contribution in [3.63, 3.8) is 0 Å². The summed E-state index contributed by atoms with van der Waals surface area (Å²) in [5.74, 6) is 0.0913. The Morgan fingerprint density at radius 2 is 1.88 bits per heavy atom. The van der Waals surface area contributed by atoms with Crippen LogP contribution in [0.3, 0.4) is 0 Å². The largest absolute Gasteiger partial charge is 0.391 e. The Balaban J connectivity index is 1.31. The molecule has 1 saturated carbocycles. The van der Waals surface area contributed by atoms with Crippen molar-refractivity contribution in [3.05, 3.63) is 64.7 Å². The summed E-state index contributed by atoms with van der Waals surface area (Å²) < 4.78 is 5.49. The predicted octanol–water partition coefficient (Wildman–Crippen LogP) is 3.76. The number of aryl methyl sites for hydroxylation is 2. The van der Waals surface area contributed by atoms with Crippen LogP contribution in [0.5, 0.6) is 0 Å². The molecule has 3 N–H and O–H groups in total. The maximum atomic E-state index is 13.4. The van der Waals surface area contributed by atoms with Crippen LogP contribution < -0.4 is 10.6 Å². The van der Waals surface area contributed by atoms with Gasteiger partial charge in [0.25, 0.3) is 5.91 Å². The van der Waals surface area contributed by atoms with Crippen LogP contribution >= 0.6 is 0 Å². The van der Waals surface area contributed by atoms with E-state index < -0.39 is 6.10 Å². The van der Waals surface area contributed by atoms with Gasteiger partial charge in [0, 0.05) is 64.2 Å². The van der Waals surface area contributed by atoms with Crippen molar-refractivity contribution in [2.75, 3.05) is 51.3 Å². The van der Waals surface area contributed by atoms with E-state index in [2.05, 4.69) is 18.7 Å². The molecule has 2 aromatic rings. The van der Waals surface area contributed by atoms with Gasteiger partial charge < -0.3 is 30.3 Å². The summed E-state index contributed by atoms with van der Waals surface area (Å²) in [6.45, 7) is 8.33. The monoisotopic (exact) mass is 564 g/mol. The first kappa shape index (κ1) is 31.0. The van der Waals surface area contributed by atoms with Gasteiger partial charge in [-0.2, -0.15) is 0 Å². The Bertz CT molecular complexity index is 1160. The van der Waals surface area contributed by atoms with Crippen molar-refractivity contribution in [1.82, 2.24) is 9.80 Å². The number of anilines is 1. The number of hydrogen-bond donors (Lipinski definition) is 2. The lowest BCUT2D eigenvalue weighted by Crippen LogP contribution is -2.50. The highest BCUT2D eigenvalue weighted by Crippen LogP contribution is 2.50. The first-order chi connectivity index (χ1) is 19.8. The maximum Gasteiger partial charge on any atom is 0.253 e. The van der Waals surface area contributed by atoms with Gasteiger partial charge in [0.2, 0.25) is 6.41 Å². The fourth-order valence-electron chi connectivity index (χ4n) is 6.50. The third-order valence-corrected chi connectivity index (χ3v) is 9.28. The lowest BCUT2D eigenvalue weighted by molar-refractivity contribution is -0.119. The Kier molecular flexibility index (Phi) is 10.8. The minimum Gasteiger partial charge on any atom is -0.391 e. The Labute approximate surface area is 245 Å². The van der Waals surface area contributed by atoms with Gasteiger partial charge in [0.15, 0.2) is 0 Å². The number of nitrogens with zero attached hydrogens (tertiary/aromatic N) is 3. The average Bonchev–Trinajstić information content (AvgIpc) is 2.99. The van der Waals surface area contributed by atoms with Gasteiger partial charge in [-0.05, 0) is 86.6 Å². The molecular weight excluding hydrogens is 516 g/mol. The van der Waals surface area contributed by atoms with Gasteiger partial charge in [0.1, 0.15) is 0 Å². The Morgan fingerprint density at radius 1 is 1.17 bits per heavy atom. The second kappa shape index (κ2) is 14.3. The highest BCUT2D eigenvalue weighted by molar-refractivity contribution is 5.95. The normalized spacial score (nSPS) is 17.2. The zero-order valence-corrected chi connectivity index (χ0v) is 25.1. The lowest BCUT2D eigenvalue weighted by atomic mass is 9.61. The highest BCUT2D eigenvalue weighted by atomic mass is 16.5. The number of carbonyl (C=O) groups excluding carboxylic acids is 2. The molecular formula is C33H48N4O4. The van der Waals surface area contributed by atoms with Crippen LogP contribution in [0.15, 0.2) is 42.5 Å². The number of likely N-dealkylation sites (N-methyl/N-ethyl adjacent to an activating group) is 1. The van der Waals surface area contributed by atoms with Crippen LogP contribution in [0.1, 0.15) is 66.1 Å². The summed E-state index contributed by atoms with van der Waals surface area (Å²) in [4.78, 5) is 31.2. The molecule has 4 rings (SSSR count). The fraction of sp³-hybridized carbons (Fsp3) is 0.576. The van der Waals surface area contributed by atoms with E-state index in [-0.39, 0.29) is 12.5 Å². The van der Waals surface area contributed by atoms with Gasteiger partial charge in [-0.1, -0.05) is 30.3 Å². The van der Waals surface area contributed by atoms with E-state index in [4.69, 9.17) is 10.5 Å². The van der Waals surface area contributed by atoms with Gasteiger partial charge in [-0.3, -0.25) is 9.59 Å². The number of hydrogen-bond acceptors (Lipinski definition) is 6. The molecule has 1 saturated heterocycles. The van der Waals surface area contributed by atoms with Crippen molar-refractivity contribution < 1.29 is 19.4 Å². The topological polar surface area (TPSA) is 99.3 Å². The number of rotatable bonds is 14. The molecule has 2 amide bonds. The van der Waals surface area contributed by atoms with E-state index >= 15 is 0 Å². The number of aliphatic hydroxyl groups excluding tert-OH is 1. The second-order valence-corrected chi connectivity index (χ2v) is 11.9. The zero-order valence-electron chi connectivity index (χ0n) is 25.1. The standard InChI is InChI=1S/C33H48N4O4/c1-4-36(18-17-35(24-38)23-29(39)12-11-26-7-5-6-8-28(26)22-34)31-19-27(10-9-25(31)2)32(40)37-15-13-33(14-16-37)20-30(21-33)41-3/h5-10,19,24,29-30,39H,4,11-18,20-23,34H2,1-3H3. The SMILES string of the molecule is CCN(CCN(C=O)CC(O)CCc1ccccc1CN)c1cc(C(=O)N2CCC3(CC2)CC(OC)C3)ccc1C. The molecule has 1 heterocycles. The summed E-state index contributed by atoms with van der Waals surface area (Å²) in [6, 6.07) is 14.0. The first-order valence-electron chi connectivity index (χ1n) is 15.1. The molecule has 8 nitrogen and oxygen atoms in total. The number of nitrogens with two attached hydrogens (primary N) is 1. The molecule has 1 atom stereocenters. The minimum atomic E-state index is -0.618. The van der Waals surface area contributed by atoms with Crippen molar-refractivity contribution in [2.24, 2.45) is 11.1 Å². The third-order valence-electron chi connectivity index (χ3n) is 9.28. The van der Waals surface area contributed by atoms with E-state index in [9.17, 15) is 14.7 Å². The molecule has 2 fully saturated rings. The average molecular weight is 565 g/mol. The number of ether oxygens (including phenoxy) is 1. The number of likely N-dealkylation sites (tertiary alicyclic amines) is 1. The number of carbonyl (C=O) groups is 2. The molecule has 1 unspecified atom stereocenters. The van der Waals surface area contributed by atoms with Gasteiger partial charge in [-0.25, -0.2) is 0 Å². The highest BCUT2D eigenvalue weighted by Gasteiger charge is 2.46. The molecule has 2 aliphatic rings. The molecule has 1 spiro atoms. The van der Waals surface area contributed by atoms with Crippen LogP contribution in [0, 0.1) is 12.3 Å². The van der Waals surface area contributed by atoms with Crippen molar-refractivity contribution in [1.29, 1.82) is 0 Å². The number of aliphatic hydroxyl groups is 1. The van der Waals surface area contributed by atoms with Gasteiger partial charge >= 0.3 is 0 Å². The molecule has 0 radical (unpaired) electrons. The van der Waals surface area contributed by atoms with E-state index in [1.54, 1.807) is 12.0 Å². The summed E-state index contributed by atoms with van der Waals surface area (Å²) in [7, 11) is 1.79. The number of amides is 2. The van der Waals surface area contributed by atoms with Crippen LogP contribution in [0.2, 0.25) is 0 Å². The second-order valence-electron chi connectivity index (χ2n) is 11.9. The van der Waals surface area contributed by atoms with Crippen molar-refractivity contribution in [3.8, 4) is 0 Å². The van der Waals surface area contributed by atoms with Crippen LogP contribution in [0.25, 0.3) is 0 Å². The maximum absolute atomic E-state index is 13.4. The van der Waals surface area contributed by atoms with Crippen LogP contribution in [0.4, 0.5) is 5.69 Å². The fourth-order valence-corrected chi connectivity index (χ4v) is 6.50. The van der Waals surface area contributed by atoms with E-state index in [1.165, 1.54) is 0 Å². The molecule has 224 valence electrons. The van der Waals surface area contributed by atoms with Crippen LogP contribution in [-0.4, -0.2) is 85.8 Å². The summed E-state index contributed by atoms with van der Waals surface area (Å²) >= 11 is 0. The summed E-state index contributed by atoms with van der Waals surface area (Å²) in [5.41, 5.74) is 11.3. The number of piperidine rings is 1. The minimum absolute atomic E-state index is 0.0913. The smallest absolute Gasteiger partial charge is 0.253 e. The third kappa shape index (κ3) is 7.67. The molecule has 2 aromatic carbocycles. The molecule has 1 aliphatic carbocycles. The first-order valence-corrected chi connectivity index (χ1v) is 15.1.